The quantitative estimate of drug-likeness (QED) is 0.453. The summed E-state index contributed by atoms with van der Waals surface area (Å²) in [4.78, 5) is 10.6. The Kier molecular flexibility index (Phi) is 7.22. The van der Waals surface area contributed by atoms with Crippen molar-refractivity contribution in [3.63, 3.8) is 0 Å². The van der Waals surface area contributed by atoms with Crippen LogP contribution >= 0.6 is 47.8 Å². The van der Waals surface area contributed by atoms with Gasteiger partial charge in [-0.2, -0.15) is 0 Å². The summed E-state index contributed by atoms with van der Waals surface area (Å²) in [6.07, 6.45) is 0.222. The fourth-order valence-corrected chi connectivity index (χ4v) is 2.03. The van der Waals surface area contributed by atoms with Gasteiger partial charge in [0.15, 0.2) is 0 Å². The molecule has 7 heteroatoms. The number of benzene rings is 1. The van der Waals surface area contributed by atoms with Crippen molar-refractivity contribution < 1.29 is 19.4 Å². The SMILES string of the molecule is C=C(CCOC(Br)(Br)C(Br)Oc1ccccc1)C(=O)O. The van der Waals surface area contributed by atoms with Crippen molar-refractivity contribution in [2.24, 2.45) is 0 Å². The van der Waals surface area contributed by atoms with E-state index in [0.717, 1.165) is 0 Å². The Labute approximate surface area is 142 Å². The molecule has 0 aromatic heterocycles. The van der Waals surface area contributed by atoms with Crippen molar-refractivity contribution in [3.05, 3.63) is 42.5 Å². The smallest absolute Gasteiger partial charge is 0.331 e. The molecule has 4 nitrogen and oxygen atoms in total. The zero-order chi connectivity index (χ0) is 15.2. The minimum absolute atomic E-state index is 0.0934. The molecule has 0 saturated heterocycles. The van der Waals surface area contributed by atoms with Crippen LogP contribution in [0.2, 0.25) is 0 Å². The van der Waals surface area contributed by atoms with Gasteiger partial charge in [0.05, 0.1) is 6.61 Å². The van der Waals surface area contributed by atoms with Crippen molar-refractivity contribution >= 4 is 53.8 Å². The van der Waals surface area contributed by atoms with Crippen molar-refractivity contribution in [1.29, 1.82) is 0 Å². The van der Waals surface area contributed by atoms with Gasteiger partial charge in [-0.1, -0.05) is 24.8 Å². The summed E-state index contributed by atoms with van der Waals surface area (Å²) >= 11 is 10.0. The largest absolute Gasteiger partial charge is 0.478 e. The number of alkyl halides is 3. The molecule has 0 bridgehead atoms. The minimum atomic E-state index is -1.03. The van der Waals surface area contributed by atoms with Crippen LogP contribution in [0.15, 0.2) is 42.5 Å². The van der Waals surface area contributed by atoms with E-state index in [1.165, 1.54) is 0 Å². The Morgan fingerprint density at radius 1 is 1.35 bits per heavy atom. The van der Waals surface area contributed by atoms with Crippen LogP contribution in [0.5, 0.6) is 5.75 Å². The van der Waals surface area contributed by atoms with E-state index in [-0.39, 0.29) is 18.6 Å². The summed E-state index contributed by atoms with van der Waals surface area (Å²) in [5.74, 6) is -0.351. The molecule has 0 fully saturated rings. The maximum absolute atomic E-state index is 10.6. The summed E-state index contributed by atoms with van der Waals surface area (Å²) in [5, 5.41) is 8.18. The highest BCUT2D eigenvalue weighted by molar-refractivity contribution is 9.26. The highest BCUT2D eigenvalue weighted by atomic mass is 79.9. The zero-order valence-corrected chi connectivity index (χ0v) is 15.1. The monoisotopic (exact) mass is 470 g/mol. The van der Waals surface area contributed by atoms with Gasteiger partial charge in [-0.15, -0.1) is 0 Å². The number of ether oxygens (including phenoxy) is 2. The van der Waals surface area contributed by atoms with Gasteiger partial charge in [0.1, 0.15) is 5.75 Å². The third-order valence-electron chi connectivity index (χ3n) is 2.25. The first-order valence-electron chi connectivity index (χ1n) is 5.61. The Bertz CT molecular complexity index is 462. The predicted octanol–water partition coefficient (Wildman–Crippen LogP) is 4.28. The summed E-state index contributed by atoms with van der Waals surface area (Å²) in [6.45, 7) is 3.62. The van der Waals surface area contributed by atoms with E-state index < -0.39 is 14.4 Å². The predicted molar refractivity (Wildman–Crippen MR) is 87.7 cm³/mol. The fourth-order valence-electron chi connectivity index (χ4n) is 1.17. The molecule has 0 saturated carbocycles. The van der Waals surface area contributed by atoms with Crippen LogP contribution in [0.1, 0.15) is 6.42 Å². The second kappa shape index (κ2) is 8.17. The summed E-state index contributed by atoms with van der Waals surface area (Å²) in [6, 6.07) is 9.24. The van der Waals surface area contributed by atoms with E-state index in [4.69, 9.17) is 14.6 Å². The van der Waals surface area contributed by atoms with Gasteiger partial charge in [0, 0.05) is 12.0 Å². The number of rotatable bonds is 8. The van der Waals surface area contributed by atoms with Crippen LogP contribution in [0.4, 0.5) is 0 Å². The van der Waals surface area contributed by atoms with Crippen molar-refractivity contribution in [2.45, 2.75) is 14.9 Å². The third kappa shape index (κ3) is 5.95. The Balaban J connectivity index is 2.46. The van der Waals surface area contributed by atoms with Crippen LogP contribution < -0.4 is 4.74 Å². The average molecular weight is 473 g/mol. The maximum Gasteiger partial charge on any atom is 0.331 e. The first-order valence-corrected chi connectivity index (χ1v) is 8.11. The molecule has 1 atom stereocenters. The lowest BCUT2D eigenvalue weighted by Gasteiger charge is -2.27. The first-order chi connectivity index (χ1) is 9.33. The van der Waals surface area contributed by atoms with E-state index >= 15 is 0 Å². The van der Waals surface area contributed by atoms with E-state index in [1.54, 1.807) is 0 Å². The molecule has 1 aromatic carbocycles. The average Bonchev–Trinajstić information content (AvgIpc) is 2.39. The number of hydrogen-bond donors (Lipinski definition) is 1. The van der Waals surface area contributed by atoms with Crippen molar-refractivity contribution in [3.8, 4) is 5.75 Å². The summed E-state index contributed by atoms with van der Waals surface area (Å²) < 4.78 is 10.2. The fraction of sp³-hybridized carbons (Fsp3) is 0.308. The van der Waals surface area contributed by atoms with Crippen LogP contribution in [-0.2, 0) is 9.53 Å². The summed E-state index contributed by atoms with van der Waals surface area (Å²) in [5.41, 5.74) is 0.0934. The number of carboxylic acid groups (broad SMARTS) is 1. The normalized spacial score (nSPS) is 12.8. The second-order valence-corrected chi connectivity index (χ2v) is 8.07. The maximum atomic E-state index is 10.6. The van der Waals surface area contributed by atoms with Gasteiger partial charge in [-0.05, 0) is 59.9 Å². The first kappa shape index (κ1) is 17.7. The lowest BCUT2D eigenvalue weighted by atomic mass is 10.2. The van der Waals surface area contributed by atoms with Crippen molar-refractivity contribution in [1.82, 2.24) is 0 Å². The van der Waals surface area contributed by atoms with Gasteiger partial charge < -0.3 is 14.6 Å². The van der Waals surface area contributed by atoms with Crippen LogP contribution in [0.25, 0.3) is 0 Å². The summed E-state index contributed by atoms with van der Waals surface area (Å²) in [7, 11) is 0. The van der Waals surface area contributed by atoms with Gasteiger partial charge in [-0.3, -0.25) is 0 Å². The standard InChI is InChI=1S/C13H13Br3O4/c1-9(11(17)18)7-8-19-13(15,16)12(14)20-10-5-3-2-4-6-10/h2-6,12H,1,7-8H2,(H,17,18). The Morgan fingerprint density at radius 2 is 1.95 bits per heavy atom. The van der Waals surface area contributed by atoms with Gasteiger partial charge in [0.25, 0.3) is 0 Å². The van der Waals surface area contributed by atoms with E-state index in [9.17, 15) is 4.79 Å². The molecule has 1 rings (SSSR count). The molecule has 1 aromatic rings. The molecule has 0 heterocycles. The Morgan fingerprint density at radius 3 is 2.50 bits per heavy atom. The molecule has 0 spiro atoms. The highest BCUT2D eigenvalue weighted by Gasteiger charge is 2.35. The number of halogens is 3. The number of aliphatic carboxylic acids is 1. The molecule has 0 radical (unpaired) electrons. The van der Waals surface area contributed by atoms with Crippen LogP contribution in [0, 0.1) is 0 Å². The molecule has 0 aliphatic heterocycles. The number of para-hydroxylation sites is 1. The molecule has 110 valence electrons. The lowest BCUT2D eigenvalue weighted by molar-refractivity contribution is -0.132. The topological polar surface area (TPSA) is 55.8 Å². The number of hydrogen-bond acceptors (Lipinski definition) is 3. The van der Waals surface area contributed by atoms with Crippen LogP contribution in [-0.4, -0.2) is 26.1 Å². The molecule has 0 aliphatic carbocycles. The van der Waals surface area contributed by atoms with Gasteiger partial charge in [-0.25, -0.2) is 4.79 Å². The van der Waals surface area contributed by atoms with Gasteiger partial charge >= 0.3 is 5.97 Å². The molecular formula is C13H13Br3O4. The Hall–Kier alpha value is -0.370. The van der Waals surface area contributed by atoms with E-state index in [2.05, 4.69) is 54.4 Å². The third-order valence-corrected chi connectivity index (χ3v) is 5.60. The highest BCUT2D eigenvalue weighted by Crippen LogP contribution is 2.37. The molecule has 1 unspecified atom stereocenters. The minimum Gasteiger partial charge on any atom is -0.478 e. The lowest BCUT2D eigenvalue weighted by Crippen LogP contribution is -2.33. The number of carbonyl (C=O) groups is 1. The van der Waals surface area contributed by atoms with E-state index in [1.807, 2.05) is 30.3 Å². The second-order valence-electron chi connectivity index (χ2n) is 3.82. The molecule has 0 amide bonds. The molecule has 20 heavy (non-hydrogen) atoms. The molecule has 1 N–H and O–H groups in total. The zero-order valence-electron chi connectivity index (χ0n) is 10.4. The van der Waals surface area contributed by atoms with Crippen molar-refractivity contribution in [2.75, 3.05) is 6.61 Å². The molecular weight excluding hydrogens is 460 g/mol. The molecule has 0 aliphatic rings. The number of carboxylic acids is 1. The van der Waals surface area contributed by atoms with Gasteiger partial charge in [0.2, 0.25) is 8.43 Å². The van der Waals surface area contributed by atoms with E-state index in [0.29, 0.717) is 5.75 Å². The van der Waals surface area contributed by atoms with Crippen LogP contribution in [0.3, 0.4) is 0 Å².